The number of thioether (sulfide) groups is 4. The summed E-state index contributed by atoms with van der Waals surface area (Å²) in [6, 6.07) is 0. The van der Waals surface area contributed by atoms with E-state index in [2.05, 4.69) is 19.9 Å². The van der Waals surface area contributed by atoms with Crippen LogP contribution in [0.3, 0.4) is 0 Å². The van der Waals surface area contributed by atoms with Crippen LogP contribution in [0.5, 0.6) is 0 Å². The van der Waals surface area contributed by atoms with E-state index < -0.39 is 0 Å². The molecule has 15 heteroatoms. The molecule has 0 aliphatic carbocycles. The van der Waals surface area contributed by atoms with Crippen molar-refractivity contribution in [1.82, 2.24) is 39.9 Å². The van der Waals surface area contributed by atoms with Crippen LogP contribution in [0.1, 0.15) is 11.4 Å². The van der Waals surface area contributed by atoms with Gasteiger partial charge in [-0.05, 0) is 35.3 Å². The topological polar surface area (TPSA) is 103 Å². The molecule has 164 valence electrons. The smallest absolute Gasteiger partial charge is 0.136 e. The van der Waals surface area contributed by atoms with E-state index in [0.717, 1.165) is 61.6 Å². The fourth-order valence-electron chi connectivity index (χ4n) is 3.40. The second-order valence-electron chi connectivity index (χ2n) is 6.97. The van der Waals surface area contributed by atoms with E-state index in [1.54, 1.807) is 83.6 Å². The van der Waals surface area contributed by atoms with Crippen molar-refractivity contribution < 1.29 is 0 Å². The van der Waals surface area contributed by atoms with E-state index >= 15 is 0 Å². The van der Waals surface area contributed by atoms with Gasteiger partial charge in [-0.1, -0.05) is 47.0 Å². The summed E-state index contributed by atoms with van der Waals surface area (Å²) in [6.07, 6.45) is 7.54. The molecule has 0 unspecified atom stereocenters. The fraction of sp³-hybridized carbons (Fsp3) is 0.0526. The van der Waals surface area contributed by atoms with E-state index in [9.17, 15) is 0 Å². The summed E-state index contributed by atoms with van der Waals surface area (Å²) in [5, 5.41) is 9.16. The van der Waals surface area contributed by atoms with Gasteiger partial charge < -0.3 is 0 Å². The Bertz CT molecular complexity index is 1360. The lowest BCUT2D eigenvalue weighted by Crippen LogP contribution is -2.08. The second kappa shape index (κ2) is 8.01. The normalized spacial score (nSPS) is 16.9. The number of aromatic nitrogens is 8. The number of fused-ring (bicyclic) bond motifs is 6. The first kappa shape index (κ1) is 20.7. The van der Waals surface area contributed by atoms with Gasteiger partial charge in [-0.3, -0.25) is 4.98 Å². The van der Waals surface area contributed by atoms with Crippen molar-refractivity contribution in [2.24, 2.45) is 0 Å². The molecule has 0 amide bonds. The molecule has 4 aliphatic heterocycles. The van der Waals surface area contributed by atoms with Crippen molar-refractivity contribution in [2.45, 2.75) is 56.7 Å². The maximum absolute atomic E-state index is 4.94. The van der Waals surface area contributed by atoms with Gasteiger partial charge in [0, 0.05) is 31.2 Å². The van der Waals surface area contributed by atoms with Gasteiger partial charge in [0.25, 0.3) is 0 Å². The third-order valence-corrected chi connectivity index (χ3v) is 13.3. The predicted octanol–water partition coefficient (Wildman–Crippen LogP) is 5.74. The summed E-state index contributed by atoms with van der Waals surface area (Å²) in [4.78, 5) is 37.4. The average molecular weight is 571 g/mol. The van der Waals surface area contributed by atoms with Gasteiger partial charge in [-0.25, -0.2) is 34.9 Å². The Labute approximate surface area is 222 Å². The summed E-state index contributed by atoms with van der Waals surface area (Å²) < 4.78 is 2.35. The largest absolute Gasteiger partial charge is 0.256 e. The Morgan fingerprint density at radius 1 is 0.382 bits per heavy atom. The van der Waals surface area contributed by atoms with Crippen LogP contribution in [0.25, 0.3) is 0 Å². The van der Waals surface area contributed by atoms with Crippen molar-refractivity contribution >= 4 is 82.3 Å². The Balaban J connectivity index is 1.09. The van der Waals surface area contributed by atoms with E-state index in [4.69, 9.17) is 19.9 Å². The summed E-state index contributed by atoms with van der Waals surface area (Å²) in [7, 11) is 0. The lowest BCUT2D eigenvalue weighted by atomic mass is 10.2. The van der Waals surface area contributed by atoms with Crippen LogP contribution in [-0.2, 0) is 6.42 Å². The van der Waals surface area contributed by atoms with E-state index in [0.29, 0.717) is 6.42 Å². The van der Waals surface area contributed by atoms with Crippen LogP contribution < -0.4 is 0 Å². The zero-order chi connectivity index (χ0) is 22.2. The highest BCUT2D eigenvalue weighted by atomic mass is 32.2. The minimum atomic E-state index is 0.665. The van der Waals surface area contributed by atoms with Crippen molar-refractivity contribution in [2.75, 3.05) is 0 Å². The van der Waals surface area contributed by atoms with Crippen LogP contribution in [0, 0.1) is 0 Å². The molecular formula is C19H6N8S7. The predicted molar refractivity (Wildman–Crippen MR) is 134 cm³/mol. The zero-order valence-corrected chi connectivity index (χ0v) is 22.2. The maximum Gasteiger partial charge on any atom is 0.136 e. The molecule has 8 heterocycles. The van der Waals surface area contributed by atoms with Gasteiger partial charge in [-0.2, -0.15) is 0 Å². The van der Waals surface area contributed by atoms with E-state index in [-0.39, 0.29) is 0 Å². The highest BCUT2D eigenvalue weighted by Crippen LogP contribution is 2.61. The third kappa shape index (κ3) is 3.39. The Kier molecular flexibility index (Phi) is 4.87. The SMILES string of the molecule is c1cnc2c(n1)Cc1nc3c(nc1S2)SC(=C1Sc2nc4c(nc2S1)Sc1nccnc1S4)S3. The number of rotatable bonds is 0. The molecule has 4 aromatic heterocycles. The molecule has 0 spiro atoms. The molecule has 0 fully saturated rings. The first-order chi connectivity index (χ1) is 16.8. The van der Waals surface area contributed by atoms with Crippen molar-refractivity contribution in [3.63, 3.8) is 0 Å². The average Bonchev–Trinajstić information content (AvgIpc) is 3.46. The molecule has 4 aromatic rings. The standard InChI is InChI=1S/C19H6N8S7/c1-2-21-8-6(20-1)5-7-9(28-8)25-15-12(24-7)31-18(32-15)19-33-16-17(34-19)27-14-13(26-16)29-10-11(30-14)23-4-3-22-10/h1-4H,5H2. The van der Waals surface area contributed by atoms with Crippen LogP contribution in [0.2, 0.25) is 0 Å². The Morgan fingerprint density at radius 2 is 0.824 bits per heavy atom. The van der Waals surface area contributed by atoms with Gasteiger partial charge in [0.2, 0.25) is 0 Å². The lowest BCUT2D eigenvalue weighted by Gasteiger charge is -2.15. The molecular weight excluding hydrogens is 565 g/mol. The molecule has 8 nitrogen and oxygen atoms in total. The first-order valence-electron chi connectivity index (χ1n) is 9.70. The van der Waals surface area contributed by atoms with E-state index in [1.165, 1.54) is 32.0 Å². The molecule has 34 heavy (non-hydrogen) atoms. The zero-order valence-electron chi connectivity index (χ0n) is 16.5. The molecule has 0 atom stereocenters. The van der Waals surface area contributed by atoms with E-state index in [1.807, 2.05) is 0 Å². The molecule has 0 saturated heterocycles. The van der Waals surface area contributed by atoms with Crippen LogP contribution in [0.15, 0.2) is 83.5 Å². The molecule has 0 radical (unpaired) electrons. The second-order valence-corrected chi connectivity index (χ2v) is 14.4. The molecule has 4 aliphatic rings. The minimum absolute atomic E-state index is 0.665. The number of nitrogens with zero attached hydrogens (tertiary/aromatic N) is 8. The number of hydrogen-bond acceptors (Lipinski definition) is 15. The third-order valence-electron chi connectivity index (χ3n) is 4.85. The van der Waals surface area contributed by atoms with Gasteiger partial charge >= 0.3 is 0 Å². The van der Waals surface area contributed by atoms with Crippen LogP contribution in [0.4, 0.5) is 0 Å². The quantitative estimate of drug-likeness (QED) is 0.221. The molecule has 0 aromatic carbocycles. The highest BCUT2D eigenvalue weighted by molar-refractivity contribution is 8.30. The van der Waals surface area contributed by atoms with Gasteiger partial charge in [0.15, 0.2) is 0 Å². The van der Waals surface area contributed by atoms with Crippen molar-refractivity contribution in [1.29, 1.82) is 0 Å². The van der Waals surface area contributed by atoms with Gasteiger partial charge in [0.05, 0.1) is 19.9 Å². The highest BCUT2D eigenvalue weighted by Gasteiger charge is 2.34. The monoisotopic (exact) mass is 570 g/mol. The molecule has 0 bridgehead atoms. The summed E-state index contributed by atoms with van der Waals surface area (Å²) >= 11 is 11.3. The summed E-state index contributed by atoms with van der Waals surface area (Å²) in [5.41, 5.74) is 1.93. The fourth-order valence-corrected chi connectivity index (χ4v) is 11.3. The summed E-state index contributed by atoms with van der Waals surface area (Å²) in [6.45, 7) is 0. The van der Waals surface area contributed by atoms with Crippen molar-refractivity contribution in [3.8, 4) is 0 Å². The Hall–Kier alpha value is -1.49. The number of hydrogen-bond donors (Lipinski definition) is 0. The van der Waals surface area contributed by atoms with Gasteiger partial charge in [0.1, 0.15) is 50.3 Å². The molecule has 0 N–H and O–H groups in total. The van der Waals surface area contributed by atoms with Crippen molar-refractivity contribution in [3.05, 3.63) is 44.6 Å². The molecule has 0 saturated carbocycles. The Morgan fingerprint density at radius 3 is 1.44 bits per heavy atom. The molecule has 8 rings (SSSR count). The maximum atomic E-state index is 4.94. The van der Waals surface area contributed by atoms with Gasteiger partial charge in [-0.15, -0.1) is 0 Å². The first-order valence-corrected chi connectivity index (χ1v) is 15.4. The van der Waals surface area contributed by atoms with Crippen LogP contribution in [-0.4, -0.2) is 39.9 Å². The summed E-state index contributed by atoms with van der Waals surface area (Å²) in [5.74, 6) is 0. The van der Waals surface area contributed by atoms with Crippen LogP contribution >= 0.6 is 82.3 Å². The lowest BCUT2D eigenvalue weighted by molar-refractivity contribution is 0.756. The minimum Gasteiger partial charge on any atom is -0.256 e.